The predicted octanol–water partition coefficient (Wildman–Crippen LogP) is 6.53. The summed E-state index contributed by atoms with van der Waals surface area (Å²) >= 11 is 0. The number of aryl methyl sites for hydroxylation is 2. The summed E-state index contributed by atoms with van der Waals surface area (Å²) in [6.07, 6.45) is 4.36. The minimum Gasteiger partial charge on any atom is -0.256 e. The molecule has 142 valence electrons. The van der Waals surface area contributed by atoms with Gasteiger partial charge in [0, 0.05) is 17.1 Å². The van der Waals surface area contributed by atoms with Crippen molar-refractivity contribution in [3.05, 3.63) is 95.2 Å². The zero-order valence-corrected chi connectivity index (χ0v) is 18.5. The Hall–Kier alpha value is -2.97. The summed E-state index contributed by atoms with van der Waals surface area (Å²) in [5.74, 6) is 0. The van der Waals surface area contributed by atoms with Crippen molar-refractivity contribution in [1.29, 1.82) is 0 Å². The van der Waals surface area contributed by atoms with Gasteiger partial charge in [-0.3, -0.25) is 4.98 Å². The van der Waals surface area contributed by atoms with Crippen LogP contribution in [-0.2, 0) is 0 Å². The van der Waals surface area contributed by atoms with Crippen molar-refractivity contribution >= 4 is 35.3 Å². The third kappa shape index (κ3) is 2.95. The number of fused-ring (bicyclic) bond motifs is 2. The van der Waals surface area contributed by atoms with Crippen molar-refractivity contribution in [3.63, 3.8) is 0 Å². The lowest BCUT2D eigenvalue weighted by Crippen LogP contribution is -2.40. The number of benzene rings is 3. The maximum atomic E-state index is 4.74. The number of hydrogen-bond donors (Lipinski definition) is 0. The van der Waals surface area contributed by atoms with E-state index in [1.54, 1.807) is 5.19 Å². The summed E-state index contributed by atoms with van der Waals surface area (Å²) in [6, 6.07) is 24.6. The fourth-order valence-electron chi connectivity index (χ4n) is 4.80. The minimum absolute atomic E-state index is 1.07. The van der Waals surface area contributed by atoms with E-state index in [-0.39, 0.29) is 0 Å². The average molecular weight is 392 g/mol. The van der Waals surface area contributed by atoms with Crippen LogP contribution in [0, 0.1) is 13.8 Å². The molecule has 3 aromatic carbocycles. The Bertz CT molecular complexity index is 1280. The molecule has 0 saturated carbocycles. The van der Waals surface area contributed by atoms with E-state index in [9.17, 15) is 0 Å². The molecular formula is C27H25NSi. The molecule has 0 fully saturated rings. The second-order valence-electron chi connectivity index (χ2n) is 8.74. The van der Waals surface area contributed by atoms with Crippen molar-refractivity contribution in [1.82, 2.24) is 4.98 Å². The van der Waals surface area contributed by atoms with Crippen LogP contribution in [0.1, 0.15) is 22.3 Å². The maximum Gasteiger partial charge on any atom is 0.113 e. The molecule has 5 rings (SSSR count). The molecule has 0 bridgehead atoms. The first-order valence-corrected chi connectivity index (χ1v) is 13.2. The first kappa shape index (κ1) is 18.1. The van der Waals surface area contributed by atoms with E-state index >= 15 is 0 Å². The summed E-state index contributed by atoms with van der Waals surface area (Å²) < 4.78 is 0. The van der Waals surface area contributed by atoms with Gasteiger partial charge in [0.15, 0.2) is 0 Å². The Kier molecular flexibility index (Phi) is 4.07. The quantitative estimate of drug-likeness (QED) is 0.354. The number of pyridine rings is 1. The van der Waals surface area contributed by atoms with Gasteiger partial charge < -0.3 is 0 Å². The minimum atomic E-state index is -1.67. The van der Waals surface area contributed by atoms with E-state index < -0.39 is 8.07 Å². The van der Waals surface area contributed by atoms with Gasteiger partial charge in [-0.25, -0.2) is 0 Å². The van der Waals surface area contributed by atoms with Gasteiger partial charge in [-0.2, -0.15) is 0 Å². The van der Waals surface area contributed by atoms with Gasteiger partial charge in [-0.05, 0) is 65.0 Å². The largest absolute Gasteiger partial charge is 0.256 e. The van der Waals surface area contributed by atoms with Crippen LogP contribution in [0.2, 0.25) is 13.1 Å². The highest BCUT2D eigenvalue weighted by atomic mass is 28.3. The molecule has 0 spiro atoms. The highest BCUT2D eigenvalue weighted by molar-refractivity contribution is 7.07. The normalized spacial score (nSPS) is 14.7. The number of hydrogen-bond acceptors (Lipinski definition) is 1. The van der Waals surface area contributed by atoms with E-state index in [0.717, 1.165) is 5.69 Å². The third-order valence-corrected chi connectivity index (χ3v) is 9.76. The molecule has 0 amide bonds. The molecule has 0 unspecified atom stereocenters. The molecular weight excluding hydrogens is 366 g/mol. The molecule has 1 nitrogen and oxygen atoms in total. The van der Waals surface area contributed by atoms with Crippen LogP contribution in [0.3, 0.4) is 0 Å². The van der Waals surface area contributed by atoms with Crippen LogP contribution in [0.25, 0.3) is 33.3 Å². The summed E-state index contributed by atoms with van der Waals surface area (Å²) in [4.78, 5) is 4.74. The Morgan fingerprint density at radius 1 is 0.759 bits per heavy atom. The summed E-state index contributed by atoms with van der Waals surface area (Å²) in [7, 11) is -1.67. The van der Waals surface area contributed by atoms with Gasteiger partial charge >= 0.3 is 0 Å². The van der Waals surface area contributed by atoms with E-state index in [1.807, 2.05) is 6.20 Å². The Morgan fingerprint density at radius 2 is 1.52 bits per heavy atom. The predicted molar refractivity (Wildman–Crippen MR) is 128 cm³/mol. The Balaban J connectivity index is 1.65. The highest BCUT2D eigenvalue weighted by Gasteiger charge is 2.35. The summed E-state index contributed by atoms with van der Waals surface area (Å²) in [5, 5.41) is 5.54. The lowest BCUT2D eigenvalue weighted by Gasteiger charge is -2.23. The molecule has 2 heterocycles. The van der Waals surface area contributed by atoms with Crippen LogP contribution < -0.4 is 5.19 Å². The van der Waals surface area contributed by atoms with Crippen LogP contribution in [-0.4, -0.2) is 13.1 Å². The number of rotatable bonds is 2. The molecule has 0 radical (unpaired) electrons. The molecule has 4 aromatic rings. The molecule has 0 aliphatic carbocycles. The van der Waals surface area contributed by atoms with Gasteiger partial charge in [0.2, 0.25) is 0 Å². The SMILES string of the molecule is Cc1cc(C)cc(-c2nccc3cc(C4=Cc5ccccc5[Si]4(C)C)ccc23)c1. The zero-order valence-electron chi connectivity index (χ0n) is 17.5. The van der Waals surface area contributed by atoms with Gasteiger partial charge in [-0.1, -0.05) is 72.8 Å². The second-order valence-corrected chi connectivity index (χ2v) is 13.1. The maximum absolute atomic E-state index is 4.74. The standard InChI is InChI=1S/C27H25NSi/c1-18-13-19(2)15-23(14-18)27-24-10-9-22(16-20(24)11-12-28-27)26-17-21-7-5-6-8-25(21)29(26,3)4/h5-17H,1-4H3. The van der Waals surface area contributed by atoms with E-state index in [4.69, 9.17) is 4.98 Å². The first-order chi connectivity index (χ1) is 13.9. The molecule has 0 N–H and O–H groups in total. The highest BCUT2D eigenvalue weighted by Crippen LogP contribution is 2.36. The Labute approximate surface area is 173 Å². The van der Waals surface area contributed by atoms with Crippen molar-refractivity contribution in [2.24, 2.45) is 0 Å². The van der Waals surface area contributed by atoms with Gasteiger partial charge in [-0.15, -0.1) is 0 Å². The van der Waals surface area contributed by atoms with Crippen molar-refractivity contribution in [2.75, 3.05) is 0 Å². The van der Waals surface area contributed by atoms with Crippen LogP contribution in [0.4, 0.5) is 0 Å². The summed E-state index contributed by atoms with van der Waals surface area (Å²) in [6.45, 7) is 9.22. The van der Waals surface area contributed by atoms with Crippen LogP contribution >= 0.6 is 0 Å². The smallest absolute Gasteiger partial charge is 0.113 e. The van der Waals surface area contributed by atoms with E-state index in [1.165, 1.54) is 43.8 Å². The van der Waals surface area contributed by atoms with Crippen molar-refractivity contribution in [3.8, 4) is 11.3 Å². The topological polar surface area (TPSA) is 12.9 Å². The Morgan fingerprint density at radius 3 is 2.28 bits per heavy atom. The van der Waals surface area contributed by atoms with E-state index in [2.05, 4.69) is 99.7 Å². The van der Waals surface area contributed by atoms with Gasteiger partial charge in [0.25, 0.3) is 0 Å². The van der Waals surface area contributed by atoms with Crippen molar-refractivity contribution in [2.45, 2.75) is 26.9 Å². The monoisotopic (exact) mass is 391 g/mol. The average Bonchev–Trinajstić information content (AvgIpc) is 2.97. The molecule has 1 aromatic heterocycles. The lowest BCUT2D eigenvalue weighted by atomic mass is 9.99. The fraction of sp³-hybridized carbons (Fsp3) is 0.148. The van der Waals surface area contributed by atoms with Crippen LogP contribution in [0.15, 0.2) is 72.9 Å². The van der Waals surface area contributed by atoms with Gasteiger partial charge in [0.1, 0.15) is 8.07 Å². The fourth-order valence-corrected chi connectivity index (χ4v) is 7.88. The zero-order chi connectivity index (χ0) is 20.2. The van der Waals surface area contributed by atoms with Crippen molar-refractivity contribution < 1.29 is 0 Å². The molecule has 1 aliphatic heterocycles. The summed E-state index contributed by atoms with van der Waals surface area (Å²) in [5.41, 5.74) is 7.56. The second kappa shape index (κ2) is 6.53. The molecule has 29 heavy (non-hydrogen) atoms. The first-order valence-electron chi connectivity index (χ1n) is 10.2. The van der Waals surface area contributed by atoms with Gasteiger partial charge in [0.05, 0.1) is 5.69 Å². The molecule has 2 heteroatoms. The van der Waals surface area contributed by atoms with Crippen LogP contribution in [0.5, 0.6) is 0 Å². The van der Waals surface area contributed by atoms with E-state index in [0.29, 0.717) is 0 Å². The molecule has 0 saturated heterocycles. The molecule has 0 atom stereocenters. The third-order valence-electron chi connectivity index (χ3n) is 6.18. The number of aromatic nitrogens is 1. The molecule has 1 aliphatic rings. The lowest BCUT2D eigenvalue weighted by molar-refractivity contribution is 1.32. The number of nitrogens with zero attached hydrogens (tertiary/aromatic N) is 1.